The normalized spacial score (nSPS) is 14.1. The van der Waals surface area contributed by atoms with Gasteiger partial charge in [0.15, 0.2) is 0 Å². The molecule has 0 saturated heterocycles. The van der Waals surface area contributed by atoms with Crippen LogP contribution in [-0.2, 0) is 37.4 Å². The van der Waals surface area contributed by atoms with Gasteiger partial charge in [0.05, 0.1) is 0 Å². The Morgan fingerprint density at radius 2 is 1.47 bits per heavy atom. The largest absolute Gasteiger partial charge is 0.305 e. The van der Waals surface area contributed by atoms with E-state index in [1.54, 1.807) is 0 Å². The fraction of sp³-hybridized carbons (Fsp3) is 0.300. The van der Waals surface area contributed by atoms with Crippen molar-refractivity contribution in [2.45, 2.75) is 72.6 Å². The number of aromatic nitrogens is 2. The second-order valence-electron chi connectivity index (χ2n) is 13.1. The Hall–Kier alpha value is -3.39. The molecule has 2 heterocycles. The second-order valence-corrected chi connectivity index (χ2v) is 13.1. The third-order valence-electron chi connectivity index (χ3n) is 9.00. The van der Waals surface area contributed by atoms with Crippen molar-refractivity contribution in [3.63, 3.8) is 0 Å². The van der Waals surface area contributed by atoms with Gasteiger partial charge in [0.1, 0.15) is 0 Å². The van der Waals surface area contributed by atoms with Crippen LogP contribution in [0.1, 0.15) is 69.4 Å². The second kappa shape index (κ2) is 13.1. The molecule has 3 heteroatoms. The predicted octanol–water partition coefficient (Wildman–Crippen LogP) is 10.1. The Labute approximate surface area is 272 Å². The Kier molecular flexibility index (Phi) is 9.89. The summed E-state index contributed by atoms with van der Waals surface area (Å²) in [6.45, 7) is 18.1. The van der Waals surface area contributed by atoms with E-state index in [0.29, 0.717) is 5.92 Å². The average molecular weight is 743 g/mol. The molecule has 2 aromatic heterocycles. The molecule has 0 saturated carbocycles. The summed E-state index contributed by atoms with van der Waals surface area (Å²) < 4.78 is 0. The fourth-order valence-electron chi connectivity index (χ4n) is 6.07. The van der Waals surface area contributed by atoms with Crippen molar-refractivity contribution in [3.8, 4) is 33.6 Å². The first-order chi connectivity index (χ1) is 20.0. The van der Waals surface area contributed by atoms with Crippen LogP contribution < -0.4 is 0 Å². The zero-order valence-corrected chi connectivity index (χ0v) is 29.1. The molecular formula is C40H42IrN2-2. The van der Waals surface area contributed by atoms with E-state index in [2.05, 4.69) is 132 Å². The number of aryl methyl sites for hydroxylation is 2. The SMILES string of the molecule is CC(C)Cc1ccnc(-c2[c-]cc3c(c2)-c2ccccc2C(C)(C)C3(C)C)c1.Cc1cnc(-c2[c-]cccc2)c(C)c1.[Ir]. The summed E-state index contributed by atoms with van der Waals surface area (Å²) in [5.41, 5.74) is 13.5. The molecule has 1 aliphatic carbocycles. The van der Waals surface area contributed by atoms with Crippen LogP contribution in [0.2, 0.25) is 0 Å². The van der Waals surface area contributed by atoms with Crippen molar-refractivity contribution in [1.82, 2.24) is 9.97 Å². The molecule has 0 fully saturated rings. The van der Waals surface area contributed by atoms with Gasteiger partial charge in [0, 0.05) is 32.5 Å². The van der Waals surface area contributed by atoms with Crippen molar-refractivity contribution in [2.24, 2.45) is 5.92 Å². The Morgan fingerprint density at radius 1 is 0.744 bits per heavy atom. The van der Waals surface area contributed by atoms with Crippen molar-refractivity contribution >= 4 is 0 Å². The zero-order chi connectivity index (χ0) is 30.1. The molecule has 0 amide bonds. The number of hydrogen-bond acceptors (Lipinski definition) is 2. The van der Waals surface area contributed by atoms with E-state index >= 15 is 0 Å². The van der Waals surface area contributed by atoms with E-state index in [-0.39, 0.29) is 30.9 Å². The summed E-state index contributed by atoms with van der Waals surface area (Å²) in [5.74, 6) is 0.637. The predicted molar refractivity (Wildman–Crippen MR) is 177 cm³/mol. The van der Waals surface area contributed by atoms with Gasteiger partial charge in [-0.1, -0.05) is 94.6 Å². The van der Waals surface area contributed by atoms with Gasteiger partial charge in [-0.25, -0.2) is 0 Å². The minimum absolute atomic E-state index is 0. The molecule has 6 rings (SSSR count). The third kappa shape index (κ3) is 6.59. The van der Waals surface area contributed by atoms with Crippen molar-refractivity contribution in [2.75, 3.05) is 0 Å². The first-order valence-corrected chi connectivity index (χ1v) is 15.0. The molecule has 1 radical (unpaired) electrons. The minimum Gasteiger partial charge on any atom is -0.305 e. The topological polar surface area (TPSA) is 25.8 Å². The molecule has 223 valence electrons. The van der Waals surface area contributed by atoms with Gasteiger partial charge in [-0.2, -0.15) is 0 Å². The number of nitrogens with zero attached hydrogens (tertiary/aromatic N) is 2. The van der Waals surface area contributed by atoms with Crippen molar-refractivity contribution < 1.29 is 20.1 Å². The van der Waals surface area contributed by atoms with Crippen LogP contribution in [0.15, 0.2) is 91.3 Å². The van der Waals surface area contributed by atoms with Crippen molar-refractivity contribution in [3.05, 3.63) is 131 Å². The summed E-state index contributed by atoms with van der Waals surface area (Å²) >= 11 is 0. The summed E-state index contributed by atoms with van der Waals surface area (Å²) in [6.07, 6.45) is 4.90. The van der Waals surface area contributed by atoms with E-state index in [4.69, 9.17) is 0 Å². The number of rotatable bonds is 4. The Morgan fingerprint density at radius 3 is 2.16 bits per heavy atom. The minimum atomic E-state index is 0. The van der Waals surface area contributed by atoms with Gasteiger partial charge in [-0.3, -0.25) is 0 Å². The molecule has 0 unspecified atom stereocenters. The van der Waals surface area contributed by atoms with E-state index in [0.717, 1.165) is 28.9 Å². The molecule has 0 atom stereocenters. The fourth-order valence-corrected chi connectivity index (χ4v) is 6.07. The van der Waals surface area contributed by atoms with Gasteiger partial charge in [0.2, 0.25) is 0 Å². The maximum absolute atomic E-state index is 4.66. The quantitative estimate of drug-likeness (QED) is 0.171. The van der Waals surface area contributed by atoms with E-state index in [1.165, 1.54) is 38.9 Å². The van der Waals surface area contributed by atoms with Gasteiger partial charge in [-0.05, 0) is 71.2 Å². The summed E-state index contributed by atoms with van der Waals surface area (Å²) in [4.78, 5) is 9.07. The van der Waals surface area contributed by atoms with E-state index in [9.17, 15) is 0 Å². The molecule has 0 aliphatic heterocycles. The first kappa shape index (κ1) is 32.5. The van der Waals surface area contributed by atoms with E-state index < -0.39 is 0 Å². The summed E-state index contributed by atoms with van der Waals surface area (Å²) in [6, 6.07) is 34.5. The smallest absolute Gasteiger partial charge is 0.0190 e. The number of fused-ring (bicyclic) bond motifs is 3. The van der Waals surface area contributed by atoms with Gasteiger partial charge < -0.3 is 9.97 Å². The molecule has 0 spiro atoms. The van der Waals surface area contributed by atoms with Crippen LogP contribution in [0.4, 0.5) is 0 Å². The molecule has 43 heavy (non-hydrogen) atoms. The van der Waals surface area contributed by atoms with E-state index in [1.807, 2.05) is 36.7 Å². The summed E-state index contributed by atoms with van der Waals surface area (Å²) in [5, 5.41) is 0. The maximum Gasteiger partial charge on any atom is 0.0190 e. The standard InChI is InChI=1S/C27H30N.C13H12N.Ir/c1-18(2)15-19-13-14-28-25(16-19)20-11-12-24-22(17-20)21-9-7-8-10-23(21)26(3,4)27(24,5)6;1-10-8-11(2)13(14-9-10)12-6-4-3-5-7-12;/h7-10,12-14,16-18H,15H2,1-6H3;3-6,8-9H,1-2H3;/q2*-1;. The average Bonchev–Trinajstić information content (AvgIpc) is 2.97. The molecule has 0 N–H and O–H groups in total. The molecule has 2 nitrogen and oxygen atoms in total. The van der Waals surface area contributed by atoms with Crippen LogP contribution in [0.3, 0.4) is 0 Å². The first-order valence-electron chi connectivity index (χ1n) is 15.0. The molecule has 1 aliphatic rings. The van der Waals surface area contributed by atoms with Crippen LogP contribution >= 0.6 is 0 Å². The van der Waals surface area contributed by atoms with Crippen LogP contribution in [0.25, 0.3) is 33.6 Å². The van der Waals surface area contributed by atoms with Gasteiger partial charge in [-0.15, -0.1) is 65.2 Å². The monoisotopic (exact) mass is 743 g/mol. The van der Waals surface area contributed by atoms with Crippen LogP contribution in [-0.4, -0.2) is 9.97 Å². The van der Waals surface area contributed by atoms with Crippen LogP contribution in [0, 0.1) is 31.9 Å². The molecule has 0 bridgehead atoms. The van der Waals surface area contributed by atoms with Gasteiger partial charge in [0.25, 0.3) is 0 Å². The number of benzene rings is 3. The molecular weight excluding hydrogens is 701 g/mol. The van der Waals surface area contributed by atoms with Crippen LogP contribution in [0.5, 0.6) is 0 Å². The molecule has 5 aromatic rings. The maximum atomic E-state index is 4.66. The third-order valence-corrected chi connectivity index (χ3v) is 9.00. The summed E-state index contributed by atoms with van der Waals surface area (Å²) in [7, 11) is 0. The Bertz CT molecular complexity index is 1700. The van der Waals surface area contributed by atoms with Crippen molar-refractivity contribution in [1.29, 1.82) is 0 Å². The zero-order valence-electron chi connectivity index (χ0n) is 26.7. The van der Waals surface area contributed by atoms with Gasteiger partial charge >= 0.3 is 0 Å². The molecule has 3 aromatic carbocycles. The Balaban J connectivity index is 0.000000238. The number of pyridine rings is 2. The number of hydrogen-bond donors (Lipinski definition) is 0.